The summed E-state index contributed by atoms with van der Waals surface area (Å²) in [6, 6.07) is 5.59. The van der Waals surface area contributed by atoms with E-state index in [9.17, 15) is 23.5 Å². The van der Waals surface area contributed by atoms with Gasteiger partial charge in [-0.3, -0.25) is 9.79 Å². The molecule has 0 saturated heterocycles. The third kappa shape index (κ3) is 8.09. The van der Waals surface area contributed by atoms with Crippen LogP contribution in [0.5, 0.6) is 0 Å². The number of azide groups is 1. The van der Waals surface area contributed by atoms with E-state index in [1.54, 1.807) is 6.92 Å². The summed E-state index contributed by atoms with van der Waals surface area (Å²) in [6.07, 6.45) is 3.50. The molecule has 1 amide bonds. The van der Waals surface area contributed by atoms with Gasteiger partial charge in [0, 0.05) is 29.2 Å². The van der Waals surface area contributed by atoms with E-state index in [1.807, 2.05) is 0 Å². The number of rotatable bonds is 12. The van der Waals surface area contributed by atoms with E-state index in [0.717, 1.165) is 24.3 Å². The van der Waals surface area contributed by atoms with Crippen molar-refractivity contribution in [3.63, 3.8) is 0 Å². The van der Waals surface area contributed by atoms with E-state index >= 15 is 0 Å². The minimum absolute atomic E-state index is 0.0107. The van der Waals surface area contributed by atoms with Crippen molar-refractivity contribution in [3.05, 3.63) is 106 Å². The molecular formula is C25H27F3N6O2. The standard InChI is InChI=1S/C25H27F3N6O2/c1-3-31-13-22(15(2)4-9-21(29)14-35)32-25(36)24(33-34-30)23(16-5-7-18(26)8-6-16)17-10-19(27)12-20(28)11-17/h3,5-8,10-13,21,23-24,35H,2,4,9,14,29H2,1H3,(H,32,36)/b22-13+,31-3-/t21-,23-,24-/m0/s1. The van der Waals surface area contributed by atoms with Crippen molar-refractivity contribution < 1.29 is 23.1 Å². The van der Waals surface area contributed by atoms with E-state index in [1.165, 1.54) is 24.5 Å². The molecule has 2 rings (SSSR count). The number of nitrogens with two attached hydrogens (primary N) is 1. The van der Waals surface area contributed by atoms with Crippen LogP contribution in [0.4, 0.5) is 13.2 Å². The van der Waals surface area contributed by atoms with Gasteiger partial charge >= 0.3 is 0 Å². The number of allylic oxidation sites excluding steroid dienone is 1. The molecule has 0 aliphatic heterocycles. The predicted octanol–water partition coefficient (Wildman–Crippen LogP) is 4.62. The number of aliphatic hydroxyl groups excluding tert-OH is 1. The first-order chi connectivity index (χ1) is 17.2. The first-order valence-corrected chi connectivity index (χ1v) is 11.0. The van der Waals surface area contributed by atoms with Crippen molar-refractivity contribution in [2.45, 2.75) is 37.8 Å². The number of carbonyl (C=O) groups is 1. The lowest BCUT2D eigenvalue weighted by atomic mass is 9.84. The first kappa shape index (κ1) is 28.3. The highest BCUT2D eigenvalue weighted by atomic mass is 19.1. The molecule has 0 saturated carbocycles. The fourth-order valence-electron chi connectivity index (χ4n) is 3.46. The van der Waals surface area contributed by atoms with Crippen LogP contribution >= 0.6 is 0 Å². The molecule has 0 unspecified atom stereocenters. The van der Waals surface area contributed by atoms with Crippen LogP contribution in [0.3, 0.4) is 0 Å². The Hall–Kier alpha value is -3.92. The Kier molecular flexibility index (Phi) is 10.9. The number of benzene rings is 2. The van der Waals surface area contributed by atoms with Crippen LogP contribution in [-0.4, -0.2) is 35.9 Å². The zero-order valence-corrected chi connectivity index (χ0v) is 19.6. The summed E-state index contributed by atoms with van der Waals surface area (Å²) in [5.41, 5.74) is 15.9. The van der Waals surface area contributed by atoms with Gasteiger partial charge < -0.3 is 16.2 Å². The van der Waals surface area contributed by atoms with E-state index in [0.29, 0.717) is 30.0 Å². The molecule has 4 N–H and O–H groups in total. The summed E-state index contributed by atoms with van der Waals surface area (Å²) in [7, 11) is 0. The number of aliphatic hydroxyl groups is 1. The second-order valence-corrected chi connectivity index (χ2v) is 7.91. The van der Waals surface area contributed by atoms with Gasteiger partial charge in [0.1, 0.15) is 23.5 Å². The molecule has 36 heavy (non-hydrogen) atoms. The van der Waals surface area contributed by atoms with Crippen LogP contribution in [0.2, 0.25) is 0 Å². The molecule has 3 atom stereocenters. The Bertz CT molecular complexity index is 1160. The largest absolute Gasteiger partial charge is 0.395 e. The van der Waals surface area contributed by atoms with Gasteiger partial charge in [-0.2, -0.15) is 0 Å². The number of carbonyl (C=O) groups excluding carboxylic acids is 1. The number of hydrogen-bond acceptors (Lipinski definition) is 5. The van der Waals surface area contributed by atoms with Gasteiger partial charge in [0.2, 0.25) is 5.91 Å². The lowest BCUT2D eigenvalue weighted by Gasteiger charge is -2.25. The van der Waals surface area contributed by atoms with Crippen LogP contribution < -0.4 is 11.1 Å². The van der Waals surface area contributed by atoms with Crippen molar-refractivity contribution in [3.8, 4) is 0 Å². The Morgan fingerprint density at radius 1 is 1.17 bits per heavy atom. The van der Waals surface area contributed by atoms with Crippen molar-refractivity contribution in [2.24, 2.45) is 15.8 Å². The van der Waals surface area contributed by atoms with E-state index < -0.39 is 41.4 Å². The number of nitrogens with zero attached hydrogens (tertiary/aromatic N) is 4. The Labute approximate surface area is 206 Å². The third-order valence-corrected chi connectivity index (χ3v) is 5.28. The number of aliphatic imine (C=N–C) groups is 1. The summed E-state index contributed by atoms with van der Waals surface area (Å²) in [6.45, 7) is 5.36. The average molecular weight is 501 g/mol. The molecule has 0 fully saturated rings. The van der Waals surface area contributed by atoms with Gasteiger partial charge in [0.05, 0.1) is 18.5 Å². The molecular weight excluding hydrogens is 473 g/mol. The normalized spacial score (nSPS) is 14.1. The second-order valence-electron chi connectivity index (χ2n) is 7.91. The summed E-state index contributed by atoms with van der Waals surface area (Å²) in [4.78, 5) is 20.2. The Morgan fingerprint density at radius 2 is 1.81 bits per heavy atom. The monoisotopic (exact) mass is 500 g/mol. The molecule has 0 heterocycles. The summed E-state index contributed by atoms with van der Waals surface area (Å²) in [5, 5.41) is 15.4. The zero-order valence-electron chi connectivity index (χ0n) is 19.6. The molecule has 8 nitrogen and oxygen atoms in total. The van der Waals surface area contributed by atoms with E-state index in [2.05, 4.69) is 26.9 Å². The lowest BCUT2D eigenvalue weighted by Crippen LogP contribution is -2.37. The smallest absolute Gasteiger partial charge is 0.234 e. The van der Waals surface area contributed by atoms with E-state index in [4.69, 9.17) is 10.8 Å². The topological polar surface area (TPSA) is 136 Å². The fraction of sp³-hybridized carbons (Fsp3) is 0.280. The van der Waals surface area contributed by atoms with Crippen molar-refractivity contribution in [1.82, 2.24) is 5.32 Å². The molecule has 2 aromatic carbocycles. The van der Waals surface area contributed by atoms with Crippen LogP contribution in [0.1, 0.15) is 36.8 Å². The molecule has 0 aliphatic carbocycles. The highest BCUT2D eigenvalue weighted by molar-refractivity contribution is 5.86. The number of nitrogens with one attached hydrogen (secondary N) is 1. The van der Waals surface area contributed by atoms with Crippen molar-refractivity contribution >= 4 is 12.1 Å². The predicted molar refractivity (Wildman–Crippen MR) is 131 cm³/mol. The molecule has 0 bridgehead atoms. The van der Waals surface area contributed by atoms with Crippen LogP contribution in [-0.2, 0) is 4.79 Å². The summed E-state index contributed by atoms with van der Waals surface area (Å²) in [5.74, 6) is -4.32. The third-order valence-electron chi connectivity index (χ3n) is 5.28. The summed E-state index contributed by atoms with van der Waals surface area (Å²) >= 11 is 0. The second kappa shape index (κ2) is 13.8. The van der Waals surface area contributed by atoms with Crippen LogP contribution in [0, 0.1) is 17.5 Å². The van der Waals surface area contributed by atoms with Gasteiger partial charge in [-0.05, 0) is 66.3 Å². The Balaban J connectivity index is 2.51. The molecule has 0 aromatic heterocycles. The zero-order chi connectivity index (χ0) is 26.7. The van der Waals surface area contributed by atoms with E-state index in [-0.39, 0.29) is 17.9 Å². The molecule has 0 radical (unpaired) electrons. The molecule has 0 spiro atoms. The van der Waals surface area contributed by atoms with Crippen molar-refractivity contribution in [2.75, 3.05) is 6.61 Å². The Morgan fingerprint density at radius 3 is 2.36 bits per heavy atom. The van der Waals surface area contributed by atoms with Gasteiger partial charge in [0.25, 0.3) is 0 Å². The molecule has 190 valence electrons. The average Bonchev–Trinajstić information content (AvgIpc) is 2.84. The van der Waals surface area contributed by atoms with Gasteiger partial charge in [-0.15, -0.1) is 0 Å². The van der Waals surface area contributed by atoms with Crippen molar-refractivity contribution in [1.29, 1.82) is 0 Å². The SMILES string of the molecule is C=C(CC[C@H](N)CO)/C(=C\N=C/C)NC(=O)[C@@H](N=[N+]=[N-])[C@@H](c1ccc(F)cc1)c1cc(F)cc(F)c1. The maximum absolute atomic E-state index is 14.1. The minimum Gasteiger partial charge on any atom is -0.395 e. The highest BCUT2D eigenvalue weighted by Gasteiger charge is 2.32. The highest BCUT2D eigenvalue weighted by Crippen LogP contribution is 2.32. The first-order valence-electron chi connectivity index (χ1n) is 11.0. The maximum Gasteiger partial charge on any atom is 0.234 e. The van der Waals surface area contributed by atoms with Gasteiger partial charge in [-0.25, -0.2) is 13.2 Å². The number of halogens is 3. The number of amides is 1. The fourth-order valence-corrected chi connectivity index (χ4v) is 3.46. The number of hydrogen-bond donors (Lipinski definition) is 3. The molecule has 2 aromatic rings. The molecule has 11 heteroatoms. The summed E-state index contributed by atoms with van der Waals surface area (Å²) < 4.78 is 41.8. The van der Waals surface area contributed by atoms with Gasteiger partial charge in [0.15, 0.2) is 0 Å². The van der Waals surface area contributed by atoms with Crippen LogP contribution in [0.25, 0.3) is 10.4 Å². The van der Waals surface area contributed by atoms with Crippen LogP contribution in [0.15, 0.2) is 76.6 Å². The molecule has 0 aliphatic rings. The minimum atomic E-state index is -1.52. The quantitative estimate of drug-likeness (QED) is 0.129. The lowest BCUT2D eigenvalue weighted by molar-refractivity contribution is -0.121. The maximum atomic E-state index is 14.1. The van der Waals surface area contributed by atoms with Gasteiger partial charge in [-0.1, -0.05) is 23.8 Å².